The van der Waals surface area contributed by atoms with E-state index < -0.39 is 10.0 Å². The van der Waals surface area contributed by atoms with Gasteiger partial charge < -0.3 is 14.8 Å². The van der Waals surface area contributed by atoms with E-state index in [0.717, 1.165) is 18.7 Å². The standard InChI is InChI=1S/C20H24N2O4S.ClH/c1-25-16-8-9-18(26-2)19(10-16)27(23,24)22-13-15-11-21-12-17(15)20(22)14-6-4-3-5-7-14;/h3-10,15,17,20-21H,11-13H2,1-2H3;1H/t15-,17-,20+;/m0./s1. The van der Waals surface area contributed by atoms with Crippen LogP contribution in [0.3, 0.4) is 0 Å². The Morgan fingerprint density at radius 2 is 1.79 bits per heavy atom. The second kappa shape index (κ2) is 8.29. The first-order chi connectivity index (χ1) is 13.1. The van der Waals surface area contributed by atoms with E-state index in [1.54, 1.807) is 22.5 Å². The molecule has 0 aliphatic carbocycles. The molecule has 2 fully saturated rings. The Balaban J connectivity index is 0.00000225. The number of nitrogens with one attached hydrogen (secondary N) is 1. The highest BCUT2D eigenvalue weighted by molar-refractivity contribution is 7.89. The van der Waals surface area contributed by atoms with Crippen LogP contribution in [0, 0.1) is 11.8 Å². The maximum absolute atomic E-state index is 13.7. The van der Waals surface area contributed by atoms with Gasteiger partial charge in [0.1, 0.15) is 16.4 Å². The quantitative estimate of drug-likeness (QED) is 0.799. The van der Waals surface area contributed by atoms with Crippen LogP contribution in [0.4, 0.5) is 0 Å². The van der Waals surface area contributed by atoms with Gasteiger partial charge in [-0.2, -0.15) is 4.31 Å². The third-order valence-electron chi connectivity index (χ3n) is 5.62. The average Bonchev–Trinajstić information content (AvgIpc) is 3.29. The topological polar surface area (TPSA) is 67.9 Å². The summed E-state index contributed by atoms with van der Waals surface area (Å²) in [6, 6.07) is 14.6. The van der Waals surface area contributed by atoms with Crippen LogP contribution in [0.2, 0.25) is 0 Å². The van der Waals surface area contributed by atoms with Crippen LogP contribution in [0.15, 0.2) is 53.4 Å². The van der Waals surface area contributed by atoms with Gasteiger partial charge in [0.15, 0.2) is 0 Å². The highest BCUT2D eigenvalue weighted by atomic mass is 35.5. The van der Waals surface area contributed by atoms with Crippen molar-refractivity contribution >= 4 is 22.4 Å². The molecule has 0 radical (unpaired) electrons. The summed E-state index contributed by atoms with van der Waals surface area (Å²) < 4.78 is 39.6. The van der Waals surface area contributed by atoms with E-state index in [1.807, 2.05) is 30.3 Å². The lowest BCUT2D eigenvalue weighted by molar-refractivity contribution is 0.341. The van der Waals surface area contributed by atoms with E-state index in [9.17, 15) is 8.42 Å². The maximum atomic E-state index is 13.7. The lowest BCUT2D eigenvalue weighted by Gasteiger charge is -2.28. The van der Waals surface area contributed by atoms with Crippen molar-refractivity contribution in [3.8, 4) is 11.5 Å². The Kier molecular flexibility index (Phi) is 6.19. The molecule has 28 heavy (non-hydrogen) atoms. The van der Waals surface area contributed by atoms with Crippen LogP contribution in [0.5, 0.6) is 11.5 Å². The Hall–Kier alpha value is -1.80. The summed E-state index contributed by atoms with van der Waals surface area (Å²) in [5.74, 6) is 1.39. The van der Waals surface area contributed by atoms with E-state index >= 15 is 0 Å². The van der Waals surface area contributed by atoms with Gasteiger partial charge in [-0.15, -0.1) is 12.4 Å². The molecule has 0 aromatic heterocycles. The van der Waals surface area contributed by atoms with E-state index in [0.29, 0.717) is 24.0 Å². The molecule has 2 heterocycles. The van der Waals surface area contributed by atoms with Crippen molar-refractivity contribution in [2.24, 2.45) is 11.8 Å². The van der Waals surface area contributed by atoms with Crippen LogP contribution < -0.4 is 14.8 Å². The molecule has 0 spiro atoms. The Morgan fingerprint density at radius 1 is 1.04 bits per heavy atom. The first kappa shape index (κ1) is 20.9. The van der Waals surface area contributed by atoms with E-state index in [-0.39, 0.29) is 29.3 Å². The van der Waals surface area contributed by atoms with E-state index in [4.69, 9.17) is 9.47 Å². The number of hydrogen-bond donors (Lipinski definition) is 1. The van der Waals surface area contributed by atoms with Gasteiger partial charge in [-0.05, 0) is 36.1 Å². The molecule has 8 heteroatoms. The molecule has 4 rings (SSSR count). The molecule has 0 amide bonds. The molecule has 2 aromatic rings. The summed E-state index contributed by atoms with van der Waals surface area (Å²) in [5, 5.41) is 3.41. The minimum atomic E-state index is -3.75. The number of rotatable bonds is 5. The molecule has 2 aliphatic rings. The fourth-order valence-corrected chi connectivity index (χ4v) is 6.19. The maximum Gasteiger partial charge on any atom is 0.247 e. The summed E-state index contributed by atoms with van der Waals surface area (Å²) in [5.41, 5.74) is 1.03. The Labute approximate surface area is 172 Å². The number of ether oxygens (including phenoxy) is 2. The first-order valence-corrected chi connectivity index (χ1v) is 10.5. The molecule has 3 atom stereocenters. The molecule has 2 saturated heterocycles. The zero-order chi connectivity index (χ0) is 19.0. The second-order valence-corrected chi connectivity index (χ2v) is 8.89. The predicted molar refractivity (Wildman–Crippen MR) is 110 cm³/mol. The summed E-state index contributed by atoms with van der Waals surface area (Å²) >= 11 is 0. The SMILES string of the molecule is COc1ccc(OC)c(S(=O)(=O)N2C[C@@H]3CNC[C@@H]3[C@H]2c2ccccc2)c1.Cl. The zero-order valence-electron chi connectivity index (χ0n) is 15.9. The smallest absolute Gasteiger partial charge is 0.247 e. The van der Waals surface area contributed by atoms with Crippen LogP contribution in [0.1, 0.15) is 11.6 Å². The van der Waals surface area contributed by atoms with Gasteiger partial charge in [-0.3, -0.25) is 0 Å². The number of hydrogen-bond acceptors (Lipinski definition) is 5. The van der Waals surface area contributed by atoms with Crippen LogP contribution in [0.25, 0.3) is 0 Å². The summed E-state index contributed by atoms with van der Waals surface area (Å²) in [6.45, 7) is 2.17. The van der Waals surface area contributed by atoms with Crippen molar-refractivity contribution < 1.29 is 17.9 Å². The van der Waals surface area contributed by atoms with Crippen LogP contribution in [-0.4, -0.2) is 46.6 Å². The van der Waals surface area contributed by atoms with Crippen molar-refractivity contribution in [3.63, 3.8) is 0 Å². The third kappa shape index (κ3) is 3.48. The Morgan fingerprint density at radius 3 is 2.46 bits per heavy atom. The van der Waals surface area contributed by atoms with Gasteiger partial charge in [-0.1, -0.05) is 30.3 Å². The lowest BCUT2D eigenvalue weighted by Crippen LogP contribution is -2.35. The molecule has 0 saturated carbocycles. The fourth-order valence-electron chi connectivity index (χ4n) is 4.30. The zero-order valence-corrected chi connectivity index (χ0v) is 17.5. The van der Waals surface area contributed by atoms with Crippen molar-refractivity contribution in [2.75, 3.05) is 33.9 Å². The van der Waals surface area contributed by atoms with Gasteiger partial charge in [0.25, 0.3) is 0 Å². The Bertz CT molecular complexity index is 923. The number of nitrogens with zero attached hydrogens (tertiary/aromatic N) is 1. The molecule has 1 N–H and O–H groups in total. The average molecular weight is 425 g/mol. The van der Waals surface area contributed by atoms with Crippen LogP contribution >= 0.6 is 12.4 Å². The normalized spacial score (nSPS) is 24.4. The fraction of sp³-hybridized carbons (Fsp3) is 0.400. The summed E-state index contributed by atoms with van der Waals surface area (Å²) in [4.78, 5) is 0.151. The van der Waals surface area contributed by atoms with Crippen molar-refractivity contribution in [1.82, 2.24) is 9.62 Å². The number of methoxy groups -OCH3 is 2. The molecular weight excluding hydrogens is 400 g/mol. The molecule has 2 aliphatic heterocycles. The molecule has 2 aromatic carbocycles. The van der Waals surface area contributed by atoms with E-state index in [1.165, 1.54) is 14.2 Å². The van der Waals surface area contributed by atoms with Gasteiger partial charge in [0, 0.05) is 19.2 Å². The lowest BCUT2D eigenvalue weighted by atomic mass is 9.90. The van der Waals surface area contributed by atoms with Gasteiger partial charge in [0.2, 0.25) is 10.0 Å². The first-order valence-electron chi connectivity index (χ1n) is 9.06. The van der Waals surface area contributed by atoms with Crippen molar-refractivity contribution in [3.05, 3.63) is 54.1 Å². The van der Waals surface area contributed by atoms with Crippen molar-refractivity contribution in [2.45, 2.75) is 10.9 Å². The predicted octanol–water partition coefficient (Wildman–Crippen LogP) is 2.71. The van der Waals surface area contributed by atoms with Gasteiger partial charge >= 0.3 is 0 Å². The minimum absolute atomic E-state index is 0. The summed E-state index contributed by atoms with van der Waals surface area (Å²) in [7, 11) is -0.744. The monoisotopic (exact) mass is 424 g/mol. The molecule has 152 valence electrons. The highest BCUT2D eigenvalue weighted by Crippen LogP contribution is 2.46. The largest absolute Gasteiger partial charge is 0.497 e. The molecule has 0 unspecified atom stereocenters. The molecule has 0 bridgehead atoms. The highest BCUT2D eigenvalue weighted by Gasteiger charge is 2.50. The number of halogens is 1. The number of sulfonamides is 1. The van der Waals surface area contributed by atoms with E-state index in [2.05, 4.69) is 5.32 Å². The summed E-state index contributed by atoms with van der Waals surface area (Å²) in [6.07, 6.45) is 0. The van der Waals surface area contributed by atoms with Crippen molar-refractivity contribution in [1.29, 1.82) is 0 Å². The second-order valence-electron chi connectivity index (χ2n) is 7.03. The molecular formula is C20H25ClN2O4S. The molecule has 6 nitrogen and oxygen atoms in total. The minimum Gasteiger partial charge on any atom is -0.497 e. The van der Waals surface area contributed by atoms with Gasteiger partial charge in [-0.25, -0.2) is 8.42 Å². The van der Waals surface area contributed by atoms with Crippen LogP contribution in [-0.2, 0) is 10.0 Å². The number of fused-ring (bicyclic) bond motifs is 1. The number of benzene rings is 2. The third-order valence-corrected chi connectivity index (χ3v) is 7.49. The van der Waals surface area contributed by atoms with Gasteiger partial charge in [0.05, 0.1) is 20.3 Å².